The van der Waals surface area contributed by atoms with Gasteiger partial charge in [-0.05, 0) is 50.2 Å². The monoisotopic (exact) mass is 324 g/mol. The fourth-order valence-electron chi connectivity index (χ4n) is 2.57. The summed E-state index contributed by atoms with van der Waals surface area (Å²) < 4.78 is 11.3. The number of hydrogen-bond acceptors (Lipinski definition) is 4. The van der Waals surface area contributed by atoms with E-state index in [1.54, 1.807) is 12.1 Å². The van der Waals surface area contributed by atoms with E-state index in [2.05, 4.69) is 23.1 Å². The zero-order valence-corrected chi connectivity index (χ0v) is 13.4. The quantitative estimate of drug-likeness (QED) is 0.494. The first kappa shape index (κ1) is 14.0. The summed E-state index contributed by atoms with van der Waals surface area (Å²) in [5, 5.41) is 5.78. The van der Waals surface area contributed by atoms with Crippen LogP contribution in [0.3, 0.4) is 0 Å². The van der Waals surface area contributed by atoms with Gasteiger partial charge in [-0.2, -0.15) is 4.98 Å². The fourth-order valence-corrected chi connectivity index (χ4v) is 2.70. The Balaban J connectivity index is 1.80. The third-order valence-electron chi connectivity index (χ3n) is 3.81. The molecule has 0 bridgehead atoms. The molecule has 0 unspecified atom stereocenters. The highest BCUT2D eigenvalue weighted by Crippen LogP contribution is 2.33. The minimum absolute atomic E-state index is 0.438. The van der Waals surface area contributed by atoms with Crippen molar-refractivity contribution in [3.63, 3.8) is 0 Å². The molecule has 0 radical (unpaired) electrons. The maximum Gasteiger partial charge on any atom is 0.258 e. The minimum Gasteiger partial charge on any atom is -0.452 e. The van der Waals surface area contributed by atoms with E-state index < -0.39 is 0 Å². The van der Waals surface area contributed by atoms with E-state index in [1.807, 2.05) is 31.2 Å². The zero-order valence-electron chi connectivity index (χ0n) is 12.6. The molecule has 0 aliphatic heterocycles. The Bertz CT molecular complexity index is 1000. The second kappa shape index (κ2) is 5.25. The number of furan rings is 1. The number of aryl methyl sites for hydroxylation is 2. The standard InChI is InChI=1S/C18H13ClN2O2/c1-10-3-8-15-14(9-10)11(2)16(22-15)17-20-18(23-21-17)12-4-6-13(19)7-5-12/h3-9H,1-2H3. The third kappa shape index (κ3) is 2.41. The lowest BCUT2D eigenvalue weighted by atomic mass is 10.1. The van der Waals surface area contributed by atoms with Crippen molar-refractivity contribution >= 4 is 22.6 Å². The Morgan fingerprint density at radius 2 is 1.78 bits per heavy atom. The van der Waals surface area contributed by atoms with E-state index in [0.717, 1.165) is 22.1 Å². The number of fused-ring (bicyclic) bond motifs is 1. The molecule has 4 rings (SSSR count). The van der Waals surface area contributed by atoms with E-state index in [4.69, 9.17) is 20.5 Å². The molecule has 0 N–H and O–H groups in total. The molecule has 0 fully saturated rings. The second-order valence-corrected chi connectivity index (χ2v) is 5.92. The van der Waals surface area contributed by atoms with E-state index >= 15 is 0 Å². The highest BCUT2D eigenvalue weighted by atomic mass is 35.5. The highest BCUT2D eigenvalue weighted by Gasteiger charge is 2.18. The summed E-state index contributed by atoms with van der Waals surface area (Å²) in [6.07, 6.45) is 0. The fraction of sp³-hybridized carbons (Fsp3) is 0.111. The molecule has 0 amide bonds. The zero-order chi connectivity index (χ0) is 16.0. The molecule has 0 atom stereocenters. The van der Waals surface area contributed by atoms with Gasteiger partial charge in [-0.25, -0.2) is 0 Å². The van der Waals surface area contributed by atoms with Gasteiger partial charge in [0.15, 0.2) is 5.76 Å². The smallest absolute Gasteiger partial charge is 0.258 e. The van der Waals surface area contributed by atoms with E-state index in [0.29, 0.717) is 22.5 Å². The molecule has 2 heterocycles. The van der Waals surface area contributed by atoms with Gasteiger partial charge in [0, 0.05) is 21.5 Å². The summed E-state index contributed by atoms with van der Waals surface area (Å²) >= 11 is 5.90. The molecule has 23 heavy (non-hydrogen) atoms. The van der Waals surface area contributed by atoms with Gasteiger partial charge in [0.25, 0.3) is 5.89 Å². The van der Waals surface area contributed by atoms with Gasteiger partial charge >= 0.3 is 0 Å². The van der Waals surface area contributed by atoms with Gasteiger partial charge < -0.3 is 8.94 Å². The molecule has 0 spiro atoms. The van der Waals surface area contributed by atoms with Crippen molar-refractivity contribution < 1.29 is 8.94 Å². The summed E-state index contributed by atoms with van der Waals surface area (Å²) in [4.78, 5) is 4.44. The molecule has 2 aromatic carbocycles. The van der Waals surface area contributed by atoms with Gasteiger partial charge in [0.05, 0.1) is 0 Å². The van der Waals surface area contributed by atoms with Crippen molar-refractivity contribution in [2.45, 2.75) is 13.8 Å². The first-order valence-electron chi connectivity index (χ1n) is 7.21. The normalized spacial score (nSPS) is 11.3. The van der Waals surface area contributed by atoms with Crippen LogP contribution in [0.1, 0.15) is 11.1 Å². The van der Waals surface area contributed by atoms with E-state index in [9.17, 15) is 0 Å². The van der Waals surface area contributed by atoms with Gasteiger partial charge in [0.1, 0.15) is 5.58 Å². The lowest BCUT2D eigenvalue weighted by molar-refractivity contribution is 0.430. The Morgan fingerprint density at radius 3 is 2.57 bits per heavy atom. The maximum atomic E-state index is 5.90. The largest absolute Gasteiger partial charge is 0.452 e. The Kier molecular flexibility index (Phi) is 3.20. The van der Waals surface area contributed by atoms with Crippen LogP contribution in [0.2, 0.25) is 5.02 Å². The molecular formula is C18H13ClN2O2. The lowest BCUT2D eigenvalue weighted by Crippen LogP contribution is -1.81. The molecular weight excluding hydrogens is 312 g/mol. The van der Waals surface area contributed by atoms with Crippen LogP contribution in [0.5, 0.6) is 0 Å². The maximum absolute atomic E-state index is 5.90. The molecule has 0 saturated carbocycles. The Morgan fingerprint density at radius 1 is 1.00 bits per heavy atom. The lowest BCUT2D eigenvalue weighted by Gasteiger charge is -1.93. The highest BCUT2D eigenvalue weighted by molar-refractivity contribution is 6.30. The average molecular weight is 325 g/mol. The minimum atomic E-state index is 0.438. The number of rotatable bonds is 2. The molecule has 114 valence electrons. The van der Waals surface area contributed by atoms with Crippen molar-refractivity contribution in [1.82, 2.24) is 10.1 Å². The number of halogens is 1. The van der Waals surface area contributed by atoms with Crippen molar-refractivity contribution in [3.05, 3.63) is 58.6 Å². The number of aromatic nitrogens is 2. The summed E-state index contributed by atoms with van der Waals surface area (Å²) in [6.45, 7) is 4.05. The molecule has 5 heteroatoms. The predicted octanol–water partition coefficient (Wildman–Crippen LogP) is 5.42. The molecule has 4 aromatic rings. The van der Waals surface area contributed by atoms with Crippen molar-refractivity contribution in [3.8, 4) is 23.0 Å². The SMILES string of the molecule is Cc1ccc2oc(-c3noc(-c4ccc(Cl)cc4)n3)c(C)c2c1. The Hall–Kier alpha value is -2.59. The van der Waals surface area contributed by atoms with Gasteiger partial charge in [-0.1, -0.05) is 28.4 Å². The molecule has 2 aromatic heterocycles. The van der Waals surface area contributed by atoms with Crippen LogP contribution < -0.4 is 0 Å². The molecule has 0 saturated heterocycles. The summed E-state index contributed by atoms with van der Waals surface area (Å²) in [5.74, 6) is 1.52. The summed E-state index contributed by atoms with van der Waals surface area (Å²) in [7, 11) is 0. The number of benzene rings is 2. The van der Waals surface area contributed by atoms with Crippen molar-refractivity contribution in [1.29, 1.82) is 0 Å². The predicted molar refractivity (Wildman–Crippen MR) is 89.4 cm³/mol. The average Bonchev–Trinajstić information content (AvgIpc) is 3.14. The van der Waals surface area contributed by atoms with Crippen LogP contribution in [0.4, 0.5) is 0 Å². The van der Waals surface area contributed by atoms with Crippen molar-refractivity contribution in [2.75, 3.05) is 0 Å². The van der Waals surface area contributed by atoms with Gasteiger partial charge in [-0.15, -0.1) is 0 Å². The molecule has 0 aliphatic rings. The first-order chi connectivity index (χ1) is 11.1. The molecule has 0 aliphatic carbocycles. The van der Waals surface area contributed by atoms with Crippen LogP contribution >= 0.6 is 11.6 Å². The van der Waals surface area contributed by atoms with Crippen LogP contribution in [0.25, 0.3) is 34.0 Å². The topological polar surface area (TPSA) is 52.1 Å². The third-order valence-corrected chi connectivity index (χ3v) is 4.06. The second-order valence-electron chi connectivity index (χ2n) is 5.49. The van der Waals surface area contributed by atoms with Crippen LogP contribution in [-0.2, 0) is 0 Å². The van der Waals surface area contributed by atoms with Gasteiger partial charge in [-0.3, -0.25) is 0 Å². The number of hydrogen-bond donors (Lipinski definition) is 0. The van der Waals surface area contributed by atoms with Crippen LogP contribution in [0.15, 0.2) is 51.4 Å². The molecule has 4 nitrogen and oxygen atoms in total. The Labute approximate surface area is 137 Å². The first-order valence-corrected chi connectivity index (χ1v) is 7.59. The summed E-state index contributed by atoms with van der Waals surface area (Å²) in [5.41, 5.74) is 3.83. The van der Waals surface area contributed by atoms with Gasteiger partial charge in [0.2, 0.25) is 5.82 Å². The van der Waals surface area contributed by atoms with E-state index in [1.165, 1.54) is 5.56 Å². The van der Waals surface area contributed by atoms with Crippen LogP contribution in [0, 0.1) is 13.8 Å². The summed E-state index contributed by atoms with van der Waals surface area (Å²) in [6, 6.07) is 13.3. The van der Waals surface area contributed by atoms with E-state index in [-0.39, 0.29) is 0 Å². The van der Waals surface area contributed by atoms with Crippen molar-refractivity contribution in [2.24, 2.45) is 0 Å². The number of nitrogens with zero attached hydrogens (tertiary/aromatic N) is 2. The van der Waals surface area contributed by atoms with Crippen LogP contribution in [-0.4, -0.2) is 10.1 Å².